The third-order valence-corrected chi connectivity index (χ3v) is 4.10. The topological polar surface area (TPSA) is 79.6 Å². The van der Waals surface area contributed by atoms with E-state index in [1.807, 2.05) is 0 Å². The summed E-state index contributed by atoms with van der Waals surface area (Å²) in [5.74, 6) is -2.13. The standard InChI is InChI=1S/C14H14F2N2O4S/c1-23(20,21)18(8-11-3-2-6-22-11)9-14(19)17-13-5-4-10(15)7-12(13)16/h2-7H,8-9H2,1H3,(H,17,19). The van der Waals surface area contributed by atoms with Gasteiger partial charge < -0.3 is 9.73 Å². The summed E-state index contributed by atoms with van der Waals surface area (Å²) in [6.45, 7) is -0.665. The number of hydrogen-bond donors (Lipinski definition) is 1. The van der Waals surface area contributed by atoms with Gasteiger partial charge in [-0.2, -0.15) is 4.31 Å². The Bertz CT molecular complexity index is 791. The Morgan fingerprint density at radius 3 is 2.61 bits per heavy atom. The van der Waals surface area contributed by atoms with Crippen LogP contribution in [0.4, 0.5) is 14.5 Å². The number of sulfonamides is 1. The number of hydrogen-bond acceptors (Lipinski definition) is 4. The third-order valence-electron chi connectivity index (χ3n) is 2.91. The first-order valence-corrected chi connectivity index (χ1v) is 8.33. The first kappa shape index (κ1) is 17.1. The molecule has 1 aromatic heterocycles. The van der Waals surface area contributed by atoms with Crippen LogP contribution in [0.1, 0.15) is 5.76 Å². The monoisotopic (exact) mass is 344 g/mol. The SMILES string of the molecule is CS(=O)(=O)N(CC(=O)Nc1ccc(F)cc1F)Cc1ccco1. The van der Waals surface area contributed by atoms with Crippen molar-refractivity contribution in [1.29, 1.82) is 0 Å². The highest BCUT2D eigenvalue weighted by atomic mass is 32.2. The van der Waals surface area contributed by atoms with Gasteiger partial charge in [-0.1, -0.05) is 0 Å². The van der Waals surface area contributed by atoms with E-state index in [1.54, 1.807) is 12.1 Å². The summed E-state index contributed by atoms with van der Waals surface area (Å²) in [5, 5.41) is 2.20. The van der Waals surface area contributed by atoms with Gasteiger partial charge in [-0.3, -0.25) is 4.79 Å². The van der Waals surface area contributed by atoms with Crippen molar-refractivity contribution in [1.82, 2.24) is 4.31 Å². The molecule has 1 heterocycles. The van der Waals surface area contributed by atoms with Crippen LogP contribution in [0.3, 0.4) is 0 Å². The van der Waals surface area contributed by atoms with E-state index in [0.29, 0.717) is 11.8 Å². The van der Waals surface area contributed by atoms with Crippen LogP contribution in [0.5, 0.6) is 0 Å². The maximum atomic E-state index is 13.5. The Balaban J connectivity index is 2.08. The third kappa shape index (κ3) is 4.86. The second kappa shape index (κ2) is 6.88. The first-order chi connectivity index (χ1) is 10.8. The minimum absolute atomic E-state index is 0.134. The fraction of sp³-hybridized carbons (Fsp3) is 0.214. The lowest BCUT2D eigenvalue weighted by Gasteiger charge is -2.18. The summed E-state index contributed by atoms with van der Waals surface area (Å²) < 4.78 is 55.7. The summed E-state index contributed by atoms with van der Waals surface area (Å²) >= 11 is 0. The van der Waals surface area contributed by atoms with E-state index < -0.39 is 34.1 Å². The van der Waals surface area contributed by atoms with Crippen LogP contribution in [-0.2, 0) is 21.4 Å². The number of carbonyl (C=O) groups is 1. The van der Waals surface area contributed by atoms with E-state index in [4.69, 9.17) is 4.42 Å². The molecule has 2 rings (SSSR count). The molecule has 1 amide bonds. The quantitative estimate of drug-likeness (QED) is 0.869. The molecule has 0 saturated carbocycles. The van der Waals surface area contributed by atoms with Crippen molar-refractivity contribution in [2.24, 2.45) is 0 Å². The second-order valence-electron chi connectivity index (χ2n) is 4.78. The van der Waals surface area contributed by atoms with Crippen molar-refractivity contribution in [3.8, 4) is 0 Å². The number of benzene rings is 1. The Morgan fingerprint density at radius 2 is 2.04 bits per heavy atom. The molecule has 0 aliphatic carbocycles. The van der Waals surface area contributed by atoms with Gasteiger partial charge in [0.05, 0.1) is 31.3 Å². The summed E-state index contributed by atoms with van der Waals surface area (Å²) in [5.41, 5.74) is -0.233. The highest BCUT2D eigenvalue weighted by Crippen LogP contribution is 2.15. The van der Waals surface area contributed by atoms with Gasteiger partial charge in [0.1, 0.15) is 17.4 Å². The van der Waals surface area contributed by atoms with Gasteiger partial charge in [0.2, 0.25) is 15.9 Å². The Hall–Kier alpha value is -2.26. The minimum atomic E-state index is -3.69. The van der Waals surface area contributed by atoms with Gasteiger partial charge in [0.15, 0.2) is 0 Å². The van der Waals surface area contributed by atoms with Gasteiger partial charge in [0.25, 0.3) is 0 Å². The Kier molecular flexibility index (Phi) is 5.12. The molecular formula is C14H14F2N2O4S. The number of nitrogens with one attached hydrogen (secondary N) is 1. The second-order valence-corrected chi connectivity index (χ2v) is 6.77. The molecule has 9 heteroatoms. The molecule has 1 N–H and O–H groups in total. The Morgan fingerprint density at radius 1 is 1.30 bits per heavy atom. The average molecular weight is 344 g/mol. The van der Waals surface area contributed by atoms with Crippen LogP contribution in [0.25, 0.3) is 0 Å². The largest absolute Gasteiger partial charge is 0.468 e. The Labute approximate surface area is 131 Å². The van der Waals surface area contributed by atoms with Crippen LogP contribution in [0.15, 0.2) is 41.0 Å². The zero-order valence-corrected chi connectivity index (χ0v) is 12.9. The number of anilines is 1. The molecular weight excluding hydrogens is 330 g/mol. The maximum Gasteiger partial charge on any atom is 0.239 e. The molecule has 0 radical (unpaired) electrons. The maximum absolute atomic E-state index is 13.5. The van der Waals surface area contributed by atoms with E-state index in [-0.39, 0.29) is 12.2 Å². The van der Waals surface area contributed by atoms with Crippen molar-refractivity contribution in [3.05, 3.63) is 54.0 Å². The highest BCUT2D eigenvalue weighted by Gasteiger charge is 2.22. The van der Waals surface area contributed by atoms with Crippen LogP contribution >= 0.6 is 0 Å². The number of carbonyl (C=O) groups excluding carboxylic acids is 1. The molecule has 0 bridgehead atoms. The number of amides is 1. The molecule has 124 valence electrons. The van der Waals surface area contributed by atoms with Gasteiger partial charge in [-0.15, -0.1) is 0 Å². The van der Waals surface area contributed by atoms with Crippen molar-refractivity contribution in [2.75, 3.05) is 18.1 Å². The van der Waals surface area contributed by atoms with Crippen LogP contribution in [0.2, 0.25) is 0 Å². The number of halogens is 2. The molecule has 23 heavy (non-hydrogen) atoms. The van der Waals surface area contributed by atoms with E-state index in [0.717, 1.165) is 22.7 Å². The molecule has 0 spiro atoms. The normalized spacial score (nSPS) is 11.7. The molecule has 0 fully saturated rings. The van der Waals surface area contributed by atoms with Crippen LogP contribution < -0.4 is 5.32 Å². The molecule has 0 saturated heterocycles. The number of rotatable bonds is 6. The summed E-state index contributed by atoms with van der Waals surface area (Å²) in [4.78, 5) is 11.9. The molecule has 2 aromatic rings. The van der Waals surface area contributed by atoms with E-state index in [9.17, 15) is 22.0 Å². The molecule has 1 aromatic carbocycles. The molecule has 0 aliphatic heterocycles. The average Bonchev–Trinajstić information content (AvgIpc) is 2.93. The highest BCUT2D eigenvalue weighted by molar-refractivity contribution is 7.88. The van der Waals surface area contributed by atoms with Crippen molar-refractivity contribution >= 4 is 21.6 Å². The van der Waals surface area contributed by atoms with E-state index >= 15 is 0 Å². The molecule has 0 unspecified atom stereocenters. The number of furan rings is 1. The lowest BCUT2D eigenvalue weighted by Crippen LogP contribution is -2.36. The van der Waals surface area contributed by atoms with Gasteiger partial charge >= 0.3 is 0 Å². The summed E-state index contributed by atoms with van der Waals surface area (Å²) in [6.07, 6.45) is 2.32. The van der Waals surface area contributed by atoms with Gasteiger partial charge in [0, 0.05) is 6.07 Å². The fourth-order valence-electron chi connectivity index (χ4n) is 1.81. The molecule has 0 atom stereocenters. The van der Waals surface area contributed by atoms with Crippen molar-refractivity contribution < 1.29 is 26.4 Å². The van der Waals surface area contributed by atoms with Gasteiger partial charge in [-0.05, 0) is 24.3 Å². The molecule has 6 nitrogen and oxygen atoms in total. The van der Waals surface area contributed by atoms with Crippen molar-refractivity contribution in [2.45, 2.75) is 6.54 Å². The zero-order valence-electron chi connectivity index (χ0n) is 12.1. The van der Waals surface area contributed by atoms with E-state index in [2.05, 4.69) is 5.32 Å². The van der Waals surface area contributed by atoms with Crippen molar-refractivity contribution in [3.63, 3.8) is 0 Å². The molecule has 0 aliphatic rings. The summed E-state index contributed by atoms with van der Waals surface area (Å²) in [7, 11) is -3.69. The first-order valence-electron chi connectivity index (χ1n) is 6.48. The zero-order chi connectivity index (χ0) is 17.0. The number of nitrogens with zero attached hydrogens (tertiary/aromatic N) is 1. The van der Waals surface area contributed by atoms with Crippen LogP contribution in [0, 0.1) is 11.6 Å². The lowest BCUT2D eigenvalue weighted by atomic mass is 10.3. The van der Waals surface area contributed by atoms with E-state index in [1.165, 1.54) is 6.26 Å². The summed E-state index contributed by atoms with van der Waals surface area (Å²) in [6, 6.07) is 5.81. The lowest BCUT2D eigenvalue weighted by molar-refractivity contribution is -0.116. The fourth-order valence-corrected chi connectivity index (χ4v) is 2.52. The minimum Gasteiger partial charge on any atom is -0.468 e. The van der Waals surface area contributed by atoms with Crippen LogP contribution in [-0.4, -0.2) is 31.4 Å². The predicted molar refractivity (Wildman–Crippen MR) is 78.9 cm³/mol. The van der Waals surface area contributed by atoms with Gasteiger partial charge in [-0.25, -0.2) is 17.2 Å². The predicted octanol–water partition coefficient (Wildman–Crippen LogP) is 1.96. The smallest absolute Gasteiger partial charge is 0.239 e.